The smallest absolute Gasteiger partial charge is 0.0712 e. The second-order valence-electron chi connectivity index (χ2n) is 4.32. The van der Waals surface area contributed by atoms with Crippen molar-refractivity contribution in [1.29, 1.82) is 0 Å². The highest BCUT2D eigenvalue weighted by molar-refractivity contribution is 5.82. The van der Waals surface area contributed by atoms with Crippen LogP contribution in [0.25, 0.3) is 17.0 Å². The molecule has 1 heterocycles. The van der Waals surface area contributed by atoms with E-state index in [1.165, 1.54) is 22.1 Å². The van der Waals surface area contributed by atoms with Crippen LogP contribution in [-0.4, -0.2) is 4.98 Å². The number of benzene rings is 1. The summed E-state index contributed by atoms with van der Waals surface area (Å²) in [6.45, 7) is 8.40. The summed E-state index contributed by atoms with van der Waals surface area (Å²) in [6.07, 6.45) is 4.09. The molecule has 2 aromatic rings. The Labute approximate surface area is 96.8 Å². The van der Waals surface area contributed by atoms with Crippen LogP contribution < -0.4 is 0 Å². The van der Waals surface area contributed by atoms with E-state index in [1.54, 1.807) is 0 Å². The highest BCUT2D eigenvalue weighted by Crippen LogP contribution is 2.21. The van der Waals surface area contributed by atoms with Crippen LogP contribution in [0.1, 0.15) is 29.3 Å². The van der Waals surface area contributed by atoms with Crippen LogP contribution in [0.3, 0.4) is 0 Å². The molecule has 0 bridgehead atoms. The second kappa shape index (κ2) is 4.09. The van der Waals surface area contributed by atoms with E-state index in [0.29, 0.717) is 0 Å². The highest BCUT2D eigenvalue weighted by Gasteiger charge is 2.02. The first-order valence-electron chi connectivity index (χ1n) is 5.63. The lowest BCUT2D eigenvalue weighted by Gasteiger charge is -2.06. The zero-order chi connectivity index (χ0) is 11.7. The lowest BCUT2D eigenvalue weighted by Crippen LogP contribution is -1.91. The molecule has 2 rings (SSSR count). The van der Waals surface area contributed by atoms with E-state index in [4.69, 9.17) is 0 Å². The predicted octanol–water partition coefficient (Wildman–Crippen LogP) is 4.19. The van der Waals surface area contributed by atoms with E-state index in [9.17, 15) is 0 Å². The Morgan fingerprint density at radius 3 is 2.25 bits per heavy atom. The van der Waals surface area contributed by atoms with Crippen molar-refractivity contribution in [3.63, 3.8) is 0 Å². The van der Waals surface area contributed by atoms with Gasteiger partial charge >= 0.3 is 0 Å². The number of rotatable bonds is 1. The van der Waals surface area contributed by atoms with Crippen molar-refractivity contribution in [2.75, 3.05) is 0 Å². The standard InChI is InChI=1S/C15H17N/c1-5-6-14-12(4)8-13-7-10(2)11(3)9-15(13)16-14/h5-9H,1-4H3. The first-order valence-corrected chi connectivity index (χ1v) is 5.63. The van der Waals surface area contributed by atoms with E-state index < -0.39 is 0 Å². The number of hydrogen-bond acceptors (Lipinski definition) is 1. The van der Waals surface area contributed by atoms with E-state index >= 15 is 0 Å². The van der Waals surface area contributed by atoms with Crippen molar-refractivity contribution in [3.8, 4) is 0 Å². The molecular weight excluding hydrogens is 194 g/mol. The molecule has 0 saturated heterocycles. The Morgan fingerprint density at radius 1 is 0.938 bits per heavy atom. The van der Waals surface area contributed by atoms with Gasteiger partial charge in [0.1, 0.15) is 0 Å². The summed E-state index contributed by atoms with van der Waals surface area (Å²) in [7, 11) is 0. The molecule has 1 nitrogen and oxygen atoms in total. The molecule has 1 heteroatoms. The molecule has 0 N–H and O–H groups in total. The highest BCUT2D eigenvalue weighted by atomic mass is 14.7. The van der Waals surface area contributed by atoms with E-state index in [2.05, 4.69) is 50.0 Å². The van der Waals surface area contributed by atoms with Gasteiger partial charge in [0.2, 0.25) is 0 Å². The first-order chi connectivity index (χ1) is 7.61. The molecule has 0 saturated carbocycles. The Hall–Kier alpha value is -1.63. The van der Waals surface area contributed by atoms with Gasteiger partial charge in [-0.05, 0) is 68.7 Å². The van der Waals surface area contributed by atoms with Gasteiger partial charge in [-0.25, -0.2) is 4.98 Å². The Morgan fingerprint density at radius 2 is 1.56 bits per heavy atom. The number of fused-ring (bicyclic) bond motifs is 1. The van der Waals surface area contributed by atoms with Crippen LogP contribution in [0, 0.1) is 20.8 Å². The van der Waals surface area contributed by atoms with Gasteiger partial charge in [0.25, 0.3) is 0 Å². The maximum absolute atomic E-state index is 4.68. The van der Waals surface area contributed by atoms with Crippen molar-refractivity contribution in [2.24, 2.45) is 0 Å². The third kappa shape index (κ3) is 1.85. The minimum Gasteiger partial charge on any atom is -0.248 e. The lowest BCUT2D eigenvalue weighted by molar-refractivity contribution is 1.27. The summed E-state index contributed by atoms with van der Waals surface area (Å²) in [6, 6.07) is 6.59. The van der Waals surface area contributed by atoms with Crippen LogP contribution in [0.4, 0.5) is 0 Å². The average Bonchev–Trinajstić information content (AvgIpc) is 2.23. The minimum atomic E-state index is 1.07. The zero-order valence-corrected chi connectivity index (χ0v) is 10.3. The van der Waals surface area contributed by atoms with Gasteiger partial charge in [0.05, 0.1) is 11.2 Å². The fourth-order valence-corrected chi connectivity index (χ4v) is 1.89. The number of nitrogens with zero attached hydrogens (tertiary/aromatic N) is 1. The van der Waals surface area contributed by atoms with Gasteiger partial charge in [0.15, 0.2) is 0 Å². The van der Waals surface area contributed by atoms with Crippen molar-refractivity contribution >= 4 is 17.0 Å². The summed E-state index contributed by atoms with van der Waals surface area (Å²) < 4.78 is 0. The summed E-state index contributed by atoms with van der Waals surface area (Å²) >= 11 is 0. The fourth-order valence-electron chi connectivity index (χ4n) is 1.89. The Balaban J connectivity index is 2.74. The SMILES string of the molecule is CC=Cc1nc2cc(C)c(C)cc2cc1C. The minimum absolute atomic E-state index is 1.07. The predicted molar refractivity (Wildman–Crippen MR) is 70.7 cm³/mol. The molecular formula is C15H17N. The summed E-state index contributed by atoms with van der Waals surface area (Å²) in [5, 5.41) is 1.23. The lowest BCUT2D eigenvalue weighted by atomic mass is 10.0. The third-order valence-electron chi connectivity index (χ3n) is 2.98. The van der Waals surface area contributed by atoms with Gasteiger partial charge in [-0.2, -0.15) is 0 Å². The monoisotopic (exact) mass is 211 g/mol. The molecule has 0 aliphatic carbocycles. The number of aryl methyl sites for hydroxylation is 3. The van der Waals surface area contributed by atoms with Crippen LogP contribution in [0.15, 0.2) is 24.3 Å². The summed E-state index contributed by atoms with van der Waals surface area (Å²) in [4.78, 5) is 4.68. The van der Waals surface area contributed by atoms with E-state index in [0.717, 1.165) is 11.2 Å². The van der Waals surface area contributed by atoms with Gasteiger partial charge in [-0.15, -0.1) is 0 Å². The normalized spacial score (nSPS) is 11.5. The summed E-state index contributed by atoms with van der Waals surface area (Å²) in [5.74, 6) is 0. The van der Waals surface area contributed by atoms with Gasteiger partial charge in [-0.1, -0.05) is 6.08 Å². The van der Waals surface area contributed by atoms with E-state index in [-0.39, 0.29) is 0 Å². The maximum Gasteiger partial charge on any atom is 0.0712 e. The quantitative estimate of drug-likeness (QED) is 0.689. The van der Waals surface area contributed by atoms with Crippen molar-refractivity contribution in [2.45, 2.75) is 27.7 Å². The molecule has 0 aliphatic rings. The van der Waals surface area contributed by atoms with Crippen molar-refractivity contribution in [1.82, 2.24) is 4.98 Å². The topological polar surface area (TPSA) is 12.9 Å². The van der Waals surface area contributed by atoms with Crippen LogP contribution in [-0.2, 0) is 0 Å². The van der Waals surface area contributed by atoms with Gasteiger partial charge in [-0.3, -0.25) is 0 Å². The number of hydrogen-bond donors (Lipinski definition) is 0. The molecule has 0 atom stereocenters. The average molecular weight is 211 g/mol. The largest absolute Gasteiger partial charge is 0.248 e. The molecule has 0 spiro atoms. The van der Waals surface area contributed by atoms with E-state index in [1.807, 2.05) is 13.0 Å². The van der Waals surface area contributed by atoms with Crippen LogP contribution >= 0.6 is 0 Å². The van der Waals surface area contributed by atoms with Crippen LogP contribution in [0.5, 0.6) is 0 Å². The molecule has 0 fully saturated rings. The molecule has 0 radical (unpaired) electrons. The molecule has 16 heavy (non-hydrogen) atoms. The van der Waals surface area contributed by atoms with Gasteiger partial charge < -0.3 is 0 Å². The number of allylic oxidation sites excluding steroid dienone is 1. The number of pyridine rings is 1. The molecule has 0 unspecified atom stereocenters. The van der Waals surface area contributed by atoms with Crippen LogP contribution in [0.2, 0.25) is 0 Å². The number of aromatic nitrogens is 1. The molecule has 0 amide bonds. The Kier molecular flexibility index (Phi) is 2.78. The van der Waals surface area contributed by atoms with Gasteiger partial charge in [0, 0.05) is 5.39 Å². The molecule has 0 aliphatic heterocycles. The summed E-state index contributed by atoms with van der Waals surface area (Å²) in [5.41, 5.74) is 6.01. The molecule has 1 aromatic heterocycles. The molecule has 1 aromatic carbocycles. The van der Waals surface area contributed by atoms with Crippen molar-refractivity contribution in [3.05, 3.63) is 46.7 Å². The third-order valence-corrected chi connectivity index (χ3v) is 2.98. The molecule has 82 valence electrons. The van der Waals surface area contributed by atoms with Crippen molar-refractivity contribution < 1.29 is 0 Å². The maximum atomic E-state index is 4.68. The Bertz CT molecular complexity index is 565. The first kappa shape index (κ1) is 10.9. The fraction of sp³-hybridized carbons (Fsp3) is 0.267. The zero-order valence-electron chi connectivity index (χ0n) is 10.3. The second-order valence-corrected chi connectivity index (χ2v) is 4.32.